The fourth-order valence-electron chi connectivity index (χ4n) is 3.00. The van der Waals surface area contributed by atoms with Gasteiger partial charge in [0.05, 0.1) is 16.1 Å². The van der Waals surface area contributed by atoms with Crippen molar-refractivity contribution in [3.8, 4) is 0 Å². The number of rotatable bonds is 3. The number of non-ortho nitro benzene ring substituents is 1. The smallest absolute Gasteiger partial charge is 0.267 e. The van der Waals surface area contributed by atoms with Gasteiger partial charge in [-0.2, -0.15) is 5.10 Å². The van der Waals surface area contributed by atoms with Gasteiger partial charge in [-0.05, 0) is 30.9 Å². The molecule has 122 valence electrons. The Morgan fingerprint density at radius 3 is 2.74 bits per heavy atom. The van der Waals surface area contributed by atoms with Crippen LogP contribution in [0.15, 0.2) is 24.3 Å². The molecule has 5 nitrogen and oxygen atoms in total. The second-order valence-electron chi connectivity index (χ2n) is 6.02. The van der Waals surface area contributed by atoms with Crippen LogP contribution in [0.25, 0.3) is 17.0 Å². The first-order valence-corrected chi connectivity index (χ1v) is 7.53. The van der Waals surface area contributed by atoms with E-state index in [0.717, 1.165) is 5.52 Å². The lowest BCUT2D eigenvalue weighted by atomic mass is 9.86. The molecule has 0 bridgehead atoms. The van der Waals surface area contributed by atoms with Crippen molar-refractivity contribution in [2.75, 3.05) is 0 Å². The van der Waals surface area contributed by atoms with Crippen LogP contribution in [0.5, 0.6) is 0 Å². The van der Waals surface area contributed by atoms with Crippen LogP contribution in [0.1, 0.15) is 31.4 Å². The summed E-state index contributed by atoms with van der Waals surface area (Å²) in [5.74, 6) is -2.44. The van der Waals surface area contributed by atoms with E-state index in [-0.39, 0.29) is 24.4 Å². The molecule has 1 fully saturated rings. The highest BCUT2D eigenvalue weighted by Crippen LogP contribution is 2.37. The van der Waals surface area contributed by atoms with Crippen LogP contribution in [-0.4, -0.2) is 20.6 Å². The van der Waals surface area contributed by atoms with Gasteiger partial charge in [-0.3, -0.25) is 14.8 Å². The van der Waals surface area contributed by atoms with Gasteiger partial charge in [-0.1, -0.05) is 6.08 Å². The average Bonchev–Trinajstić information content (AvgIpc) is 2.82. The molecular formula is C16H17F2N3O2. The topological polar surface area (TPSA) is 61.0 Å². The van der Waals surface area contributed by atoms with E-state index in [1.54, 1.807) is 23.9 Å². The SMILES string of the molecule is Cn1nc(C=CC2CCC(F)(F)CC2)c2cc([N+](=O)[O-])ccc21. The lowest BCUT2D eigenvalue weighted by Crippen LogP contribution is -2.23. The van der Waals surface area contributed by atoms with E-state index in [1.807, 2.05) is 6.08 Å². The molecule has 0 N–H and O–H groups in total. The molecule has 2 aromatic rings. The van der Waals surface area contributed by atoms with Crippen molar-refractivity contribution in [3.05, 3.63) is 40.1 Å². The summed E-state index contributed by atoms with van der Waals surface area (Å²) >= 11 is 0. The number of hydrogen-bond donors (Lipinski definition) is 0. The van der Waals surface area contributed by atoms with Crippen molar-refractivity contribution in [2.24, 2.45) is 13.0 Å². The summed E-state index contributed by atoms with van der Waals surface area (Å²) in [6, 6.07) is 4.61. The molecule has 0 unspecified atom stereocenters. The maximum atomic E-state index is 13.2. The molecule has 7 heteroatoms. The van der Waals surface area contributed by atoms with Gasteiger partial charge in [0.15, 0.2) is 0 Å². The van der Waals surface area contributed by atoms with Crippen LogP contribution in [-0.2, 0) is 7.05 Å². The zero-order chi connectivity index (χ0) is 16.6. The number of alkyl halides is 2. The van der Waals surface area contributed by atoms with Gasteiger partial charge in [0.2, 0.25) is 5.92 Å². The quantitative estimate of drug-likeness (QED) is 0.625. The normalized spacial score (nSPS) is 18.7. The van der Waals surface area contributed by atoms with E-state index >= 15 is 0 Å². The van der Waals surface area contributed by atoms with Gasteiger partial charge in [0.1, 0.15) is 0 Å². The van der Waals surface area contributed by atoms with E-state index < -0.39 is 10.8 Å². The van der Waals surface area contributed by atoms with Crippen LogP contribution in [0.4, 0.5) is 14.5 Å². The molecule has 1 saturated carbocycles. The molecule has 1 aliphatic rings. The number of aromatic nitrogens is 2. The Morgan fingerprint density at radius 1 is 1.39 bits per heavy atom. The number of benzene rings is 1. The number of halogens is 2. The average molecular weight is 321 g/mol. The third-order valence-electron chi connectivity index (χ3n) is 4.36. The van der Waals surface area contributed by atoms with Crippen LogP contribution in [0.2, 0.25) is 0 Å². The minimum Gasteiger partial charge on any atom is -0.267 e. The molecule has 3 rings (SSSR count). The zero-order valence-electron chi connectivity index (χ0n) is 12.7. The standard InChI is InChI=1S/C16H17F2N3O2/c1-20-15-5-3-12(21(22)23)10-13(15)14(19-20)4-2-11-6-8-16(17,18)9-7-11/h2-5,10-11H,6-9H2,1H3. The summed E-state index contributed by atoms with van der Waals surface area (Å²) in [7, 11) is 1.77. The van der Waals surface area contributed by atoms with Gasteiger partial charge in [0, 0.05) is 37.4 Å². The van der Waals surface area contributed by atoms with E-state index in [4.69, 9.17) is 0 Å². The lowest BCUT2D eigenvalue weighted by molar-refractivity contribution is -0.384. The zero-order valence-corrected chi connectivity index (χ0v) is 12.7. The Hall–Kier alpha value is -2.31. The number of nitrogens with zero attached hydrogens (tertiary/aromatic N) is 3. The predicted octanol–water partition coefficient (Wildman–Crippen LogP) is 4.32. The monoisotopic (exact) mass is 321 g/mol. The number of aryl methyl sites for hydroxylation is 1. The molecule has 0 saturated heterocycles. The van der Waals surface area contributed by atoms with Gasteiger partial charge in [-0.15, -0.1) is 0 Å². The maximum Gasteiger partial charge on any atom is 0.270 e. The van der Waals surface area contributed by atoms with Crippen molar-refractivity contribution in [1.82, 2.24) is 9.78 Å². The molecule has 1 aromatic heterocycles. The Bertz CT molecular complexity index is 773. The fraction of sp³-hybridized carbons (Fsp3) is 0.438. The summed E-state index contributed by atoms with van der Waals surface area (Å²) < 4.78 is 28.0. The van der Waals surface area contributed by atoms with Crippen molar-refractivity contribution >= 4 is 22.7 Å². The molecule has 1 aliphatic carbocycles. The molecular weight excluding hydrogens is 304 g/mol. The Morgan fingerprint density at radius 2 is 2.09 bits per heavy atom. The van der Waals surface area contributed by atoms with Crippen molar-refractivity contribution in [1.29, 1.82) is 0 Å². The third kappa shape index (κ3) is 3.23. The molecule has 0 amide bonds. The van der Waals surface area contributed by atoms with Gasteiger partial charge in [0.25, 0.3) is 5.69 Å². The summed E-state index contributed by atoms with van der Waals surface area (Å²) in [4.78, 5) is 10.5. The molecule has 0 atom stereocenters. The van der Waals surface area contributed by atoms with Gasteiger partial charge >= 0.3 is 0 Å². The number of nitro groups is 1. The summed E-state index contributed by atoms with van der Waals surface area (Å²) in [6.45, 7) is 0. The second kappa shape index (κ2) is 5.72. The summed E-state index contributed by atoms with van der Waals surface area (Å²) in [6.07, 6.45) is 4.42. The predicted molar refractivity (Wildman–Crippen MR) is 83.3 cm³/mol. The number of nitro benzene ring substituents is 1. The Kier molecular flexibility index (Phi) is 3.87. The third-order valence-corrected chi connectivity index (χ3v) is 4.36. The van der Waals surface area contributed by atoms with Crippen molar-refractivity contribution in [3.63, 3.8) is 0 Å². The Balaban J connectivity index is 1.86. The number of allylic oxidation sites excluding steroid dienone is 1. The van der Waals surface area contributed by atoms with E-state index in [2.05, 4.69) is 5.10 Å². The molecule has 0 spiro atoms. The summed E-state index contributed by atoms with van der Waals surface area (Å²) in [5, 5.41) is 16.0. The van der Waals surface area contributed by atoms with Gasteiger partial charge < -0.3 is 0 Å². The highest BCUT2D eigenvalue weighted by atomic mass is 19.3. The first kappa shape index (κ1) is 15.6. The van der Waals surface area contributed by atoms with E-state index in [9.17, 15) is 18.9 Å². The number of hydrogen-bond acceptors (Lipinski definition) is 3. The van der Waals surface area contributed by atoms with E-state index in [0.29, 0.717) is 23.9 Å². The molecule has 23 heavy (non-hydrogen) atoms. The van der Waals surface area contributed by atoms with Crippen LogP contribution in [0, 0.1) is 16.0 Å². The maximum absolute atomic E-state index is 13.2. The van der Waals surface area contributed by atoms with Crippen LogP contribution >= 0.6 is 0 Å². The largest absolute Gasteiger partial charge is 0.270 e. The minimum absolute atomic E-state index is 0.0115. The molecule has 1 aromatic carbocycles. The first-order chi connectivity index (χ1) is 10.9. The van der Waals surface area contributed by atoms with Crippen molar-refractivity contribution in [2.45, 2.75) is 31.6 Å². The number of fused-ring (bicyclic) bond motifs is 1. The van der Waals surface area contributed by atoms with Gasteiger partial charge in [-0.25, -0.2) is 8.78 Å². The van der Waals surface area contributed by atoms with E-state index in [1.165, 1.54) is 12.1 Å². The molecule has 0 radical (unpaired) electrons. The Labute approximate surface area is 131 Å². The van der Waals surface area contributed by atoms with Crippen LogP contribution < -0.4 is 0 Å². The second-order valence-corrected chi connectivity index (χ2v) is 6.02. The van der Waals surface area contributed by atoms with Crippen LogP contribution in [0.3, 0.4) is 0 Å². The fourth-order valence-corrected chi connectivity index (χ4v) is 3.00. The lowest BCUT2D eigenvalue weighted by Gasteiger charge is -2.26. The van der Waals surface area contributed by atoms with Crippen molar-refractivity contribution < 1.29 is 13.7 Å². The molecule has 0 aliphatic heterocycles. The highest BCUT2D eigenvalue weighted by Gasteiger charge is 2.33. The summed E-state index contributed by atoms with van der Waals surface area (Å²) in [5.41, 5.74) is 1.44. The first-order valence-electron chi connectivity index (χ1n) is 7.53. The minimum atomic E-state index is -2.54. The highest BCUT2D eigenvalue weighted by molar-refractivity contribution is 5.89. The molecule has 1 heterocycles.